The third kappa shape index (κ3) is 0.806. The van der Waals surface area contributed by atoms with E-state index in [4.69, 9.17) is 5.11 Å². The van der Waals surface area contributed by atoms with Gasteiger partial charge in [0, 0.05) is 0 Å². The van der Waals surface area contributed by atoms with E-state index in [1.807, 2.05) is 0 Å². The molecule has 4 nitrogen and oxygen atoms in total. The molecule has 0 bridgehead atoms. The summed E-state index contributed by atoms with van der Waals surface area (Å²) in [6, 6.07) is 0.518. The highest BCUT2D eigenvalue weighted by Crippen LogP contribution is 2.34. The molecule has 2 rings (SSSR count). The highest BCUT2D eigenvalue weighted by atomic mass is 16.3. The van der Waals surface area contributed by atoms with Crippen molar-refractivity contribution in [1.29, 1.82) is 0 Å². The summed E-state index contributed by atoms with van der Waals surface area (Å²) in [6.07, 6.45) is 3.84. The predicted molar refractivity (Wildman–Crippen MR) is 34.2 cm³/mol. The predicted octanol–water partition coefficient (Wildman–Crippen LogP) is 0.105. The zero-order valence-electron chi connectivity index (χ0n) is 5.56. The quantitative estimate of drug-likeness (QED) is 0.632. The van der Waals surface area contributed by atoms with Crippen LogP contribution in [0.4, 0.5) is 0 Å². The Balaban J connectivity index is 2.28. The molecular formula is C6H9N3O. The molecule has 0 aromatic carbocycles. The highest BCUT2D eigenvalue weighted by molar-refractivity contribution is 4.90. The summed E-state index contributed by atoms with van der Waals surface area (Å²) in [5.74, 6) is 0.683. The van der Waals surface area contributed by atoms with Crippen molar-refractivity contribution in [1.82, 2.24) is 14.8 Å². The van der Waals surface area contributed by atoms with Gasteiger partial charge in [0.2, 0.25) is 0 Å². The van der Waals surface area contributed by atoms with Gasteiger partial charge in [-0.05, 0) is 12.8 Å². The van der Waals surface area contributed by atoms with Crippen LogP contribution in [0.5, 0.6) is 0 Å². The number of aromatic nitrogens is 3. The third-order valence-electron chi connectivity index (χ3n) is 1.68. The van der Waals surface area contributed by atoms with Crippen LogP contribution in [0.3, 0.4) is 0 Å². The molecule has 1 heterocycles. The molecule has 0 atom stereocenters. The van der Waals surface area contributed by atoms with Gasteiger partial charge in [-0.15, -0.1) is 0 Å². The summed E-state index contributed by atoms with van der Waals surface area (Å²) in [6.45, 7) is -0.00347. The van der Waals surface area contributed by atoms with Gasteiger partial charge in [-0.25, -0.2) is 9.67 Å². The van der Waals surface area contributed by atoms with Crippen LogP contribution in [0.1, 0.15) is 24.7 Å². The minimum atomic E-state index is -0.00347. The Labute approximate surface area is 58.5 Å². The molecule has 1 saturated carbocycles. The van der Waals surface area contributed by atoms with Crippen LogP contribution >= 0.6 is 0 Å². The van der Waals surface area contributed by atoms with Gasteiger partial charge in [0.25, 0.3) is 0 Å². The van der Waals surface area contributed by atoms with E-state index in [0.717, 1.165) is 0 Å². The minimum Gasteiger partial charge on any atom is -0.388 e. The number of nitrogens with zero attached hydrogens (tertiary/aromatic N) is 3. The van der Waals surface area contributed by atoms with E-state index in [2.05, 4.69) is 10.1 Å². The molecule has 4 heteroatoms. The zero-order valence-corrected chi connectivity index (χ0v) is 5.56. The van der Waals surface area contributed by atoms with E-state index in [-0.39, 0.29) is 6.61 Å². The molecule has 0 amide bonds. The lowest BCUT2D eigenvalue weighted by atomic mass is 10.6. The monoisotopic (exact) mass is 139 g/mol. The lowest BCUT2D eigenvalue weighted by molar-refractivity contribution is 0.262. The summed E-state index contributed by atoms with van der Waals surface area (Å²) in [4.78, 5) is 3.90. The normalized spacial score (nSPS) is 17.7. The van der Waals surface area contributed by atoms with Crippen LogP contribution in [0.15, 0.2) is 6.33 Å². The van der Waals surface area contributed by atoms with Crippen molar-refractivity contribution in [2.24, 2.45) is 0 Å². The molecule has 1 fully saturated rings. The Hall–Kier alpha value is -0.900. The summed E-state index contributed by atoms with van der Waals surface area (Å²) < 4.78 is 1.81. The van der Waals surface area contributed by atoms with Crippen molar-refractivity contribution in [3.63, 3.8) is 0 Å². The van der Waals surface area contributed by atoms with Crippen LogP contribution in [0.2, 0.25) is 0 Å². The van der Waals surface area contributed by atoms with E-state index >= 15 is 0 Å². The standard InChI is InChI=1S/C6H9N3O/c10-3-6-7-4-8-9(6)5-1-2-5/h4-5,10H,1-3H2. The summed E-state index contributed by atoms with van der Waals surface area (Å²) in [5.41, 5.74) is 0. The van der Waals surface area contributed by atoms with Crippen molar-refractivity contribution in [2.75, 3.05) is 0 Å². The topological polar surface area (TPSA) is 50.9 Å². The van der Waals surface area contributed by atoms with Gasteiger partial charge in [0.15, 0.2) is 5.82 Å². The smallest absolute Gasteiger partial charge is 0.152 e. The zero-order chi connectivity index (χ0) is 6.97. The first-order valence-electron chi connectivity index (χ1n) is 3.41. The fraction of sp³-hybridized carbons (Fsp3) is 0.667. The van der Waals surface area contributed by atoms with Crippen LogP contribution in [-0.4, -0.2) is 19.9 Å². The molecule has 54 valence electrons. The Morgan fingerprint density at radius 2 is 2.50 bits per heavy atom. The summed E-state index contributed by atoms with van der Waals surface area (Å²) >= 11 is 0. The maximum absolute atomic E-state index is 8.76. The SMILES string of the molecule is OCc1ncnn1C1CC1. The lowest BCUT2D eigenvalue weighted by Gasteiger charge is -1.98. The largest absolute Gasteiger partial charge is 0.388 e. The van der Waals surface area contributed by atoms with Gasteiger partial charge in [-0.3, -0.25) is 0 Å². The van der Waals surface area contributed by atoms with E-state index in [1.165, 1.54) is 19.2 Å². The molecular weight excluding hydrogens is 130 g/mol. The first-order chi connectivity index (χ1) is 4.92. The third-order valence-corrected chi connectivity index (χ3v) is 1.68. The molecule has 0 spiro atoms. The number of aliphatic hydroxyl groups excluding tert-OH is 1. The second kappa shape index (κ2) is 2.05. The molecule has 1 N–H and O–H groups in total. The maximum atomic E-state index is 8.76. The van der Waals surface area contributed by atoms with Crippen LogP contribution < -0.4 is 0 Å². The van der Waals surface area contributed by atoms with Crippen LogP contribution in [0.25, 0.3) is 0 Å². The second-order valence-electron chi connectivity index (χ2n) is 2.51. The fourth-order valence-corrected chi connectivity index (χ4v) is 1.01. The molecule has 1 aromatic heterocycles. The first-order valence-corrected chi connectivity index (χ1v) is 3.41. The van der Waals surface area contributed by atoms with Gasteiger partial charge in [-0.2, -0.15) is 5.10 Å². The van der Waals surface area contributed by atoms with Crippen molar-refractivity contribution in [2.45, 2.75) is 25.5 Å². The second-order valence-corrected chi connectivity index (χ2v) is 2.51. The van der Waals surface area contributed by atoms with Crippen molar-refractivity contribution < 1.29 is 5.11 Å². The van der Waals surface area contributed by atoms with Crippen LogP contribution in [0, 0.1) is 0 Å². The molecule has 0 saturated heterocycles. The minimum absolute atomic E-state index is 0.00347. The summed E-state index contributed by atoms with van der Waals surface area (Å²) in [7, 11) is 0. The van der Waals surface area contributed by atoms with Crippen molar-refractivity contribution in [3.8, 4) is 0 Å². The molecule has 0 radical (unpaired) electrons. The Morgan fingerprint density at radius 1 is 1.70 bits per heavy atom. The molecule has 1 aliphatic carbocycles. The van der Waals surface area contributed by atoms with Gasteiger partial charge >= 0.3 is 0 Å². The average molecular weight is 139 g/mol. The van der Waals surface area contributed by atoms with Crippen LogP contribution in [-0.2, 0) is 6.61 Å². The fourth-order valence-electron chi connectivity index (χ4n) is 1.01. The molecule has 10 heavy (non-hydrogen) atoms. The van der Waals surface area contributed by atoms with Gasteiger partial charge < -0.3 is 5.11 Å². The van der Waals surface area contributed by atoms with E-state index < -0.39 is 0 Å². The van der Waals surface area contributed by atoms with Gasteiger partial charge in [0.05, 0.1) is 6.04 Å². The van der Waals surface area contributed by atoms with Crippen molar-refractivity contribution >= 4 is 0 Å². The number of aliphatic hydroxyl groups is 1. The molecule has 1 aliphatic rings. The average Bonchev–Trinajstić information content (AvgIpc) is 2.69. The van der Waals surface area contributed by atoms with E-state index in [1.54, 1.807) is 4.68 Å². The van der Waals surface area contributed by atoms with E-state index in [0.29, 0.717) is 11.9 Å². The molecule has 1 aromatic rings. The van der Waals surface area contributed by atoms with Crippen molar-refractivity contribution in [3.05, 3.63) is 12.2 Å². The summed E-state index contributed by atoms with van der Waals surface area (Å²) in [5, 5.41) is 12.8. The van der Waals surface area contributed by atoms with Gasteiger partial charge in [0.1, 0.15) is 12.9 Å². The Bertz CT molecular complexity index is 229. The Kier molecular flexibility index (Phi) is 1.20. The number of hydrogen-bond donors (Lipinski definition) is 1. The Morgan fingerprint density at radius 3 is 3.10 bits per heavy atom. The van der Waals surface area contributed by atoms with Gasteiger partial charge in [-0.1, -0.05) is 0 Å². The van der Waals surface area contributed by atoms with E-state index in [9.17, 15) is 0 Å². The maximum Gasteiger partial charge on any atom is 0.152 e. The highest BCUT2D eigenvalue weighted by Gasteiger charge is 2.26. The molecule has 0 unspecified atom stereocenters. The number of hydrogen-bond acceptors (Lipinski definition) is 3. The molecule has 0 aliphatic heterocycles. The number of rotatable bonds is 2. The lowest BCUT2D eigenvalue weighted by Crippen LogP contribution is -2.02. The first kappa shape index (κ1) is 5.85.